The smallest absolute Gasteiger partial charge is 0.221 e. The minimum Gasteiger partial charge on any atom is -0.508 e. The molecule has 0 bridgehead atoms. The molecule has 0 aliphatic rings. The third-order valence-electron chi connectivity index (χ3n) is 1.60. The lowest BCUT2D eigenvalue weighted by Gasteiger charge is -1.93. The summed E-state index contributed by atoms with van der Waals surface area (Å²) >= 11 is 1.57. The molecule has 1 aromatic heterocycles. The number of phenols is 1. The van der Waals surface area contributed by atoms with Crippen molar-refractivity contribution >= 4 is 22.9 Å². The average molecular weight is 235 g/mol. The number of hydrogen-bond donors (Lipinski definition) is 2. The van der Waals surface area contributed by atoms with Gasteiger partial charge in [0.1, 0.15) is 5.75 Å². The summed E-state index contributed by atoms with van der Waals surface area (Å²) in [5, 5.41) is 15.1. The highest BCUT2D eigenvalue weighted by molar-refractivity contribution is 7.08. The number of nitrogens with one attached hydrogen (secondary N) is 1. The predicted octanol–water partition coefficient (Wildman–Crippen LogP) is 3.10. The Balaban J connectivity index is 0.000000165. The van der Waals surface area contributed by atoms with E-state index in [4.69, 9.17) is 5.11 Å². The van der Waals surface area contributed by atoms with Gasteiger partial charge in [-0.05, 0) is 23.6 Å². The van der Waals surface area contributed by atoms with Gasteiger partial charge in [-0.15, -0.1) is 0 Å². The van der Waals surface area contributed by atoms with Gasteiger partial charge >= 0.3 is 0 Å². The van der Waals surface area contributed by atoms with Gasteiger partial charge in [-0.1, -0.05) is 18.2 Å². The Morgan fingerprint density at radius 2 is 1.94 bits per heavy atom. The molecule has 3 nitrogen and oxygen atoms in total. The van der Waals surface area contributed by atoms with Crippen molar-refractivity contribution in [2.45, 2.75) is 6.92 Å². The van der Waals surface area contributed by atoms with Gasteiger partial charge in [0.25, 0.3) is 0 Å². The van der Waals surface area contributed by atoms with E-state index in [2.05, 4.69) is 5.32 Å². The number of amides is 1. The Morgan fingerprint density at radius 1 is 1.25 bits per heavy atom. The molecule has 0 saturated carbocycles. The molecular formula is C12H13NO2S. The van der Waals surface area contributed by atoms with Gasteiger partial charge in [-0.2, -0.15) is 11.3 Å². The van der Waals surface area contributed by atoms with Crippen LogP contribution in [0.15, 0.2) is 47.2 Å². The van der Waals surface area contributed by atoms with Crippen LogP contribution >= 0.6 is 11.3 Å². The first-order valence-electron chi connectivity index (χ1n) is 4.72. The number of carbonyl (C=O) groups excluding carboxylic acids is 1. The molecule has 2 N–H and O–H groups in total. The predicted molar refractivity (Wildman–Crippen MR) is 66.7 cm³/mol. The van der Waals surface area contributed by atoms with E-state index in [9.17, 15) is 4.79 Å². The number of hydrogen-bond acceptors (Lipinski definition) is 3. The minimum atomic E-state index is -0.0200. The zero-order valence-electron chi connectivity index (χ0n) is 8.88. The topological polar surface area (TPSA) is 49.3 Å². The highest BCUT2D eigenvalue weighted by Gasteiger charge is 1.91. The van der Waals surface area contributed by atoms with Crippen LogP contribution in [0.1, 0.15) is 6.92 Å². The van der Waals surface area contributed by atoms with Crippen LogP contribution in [0.4, 0.5) is 5.69 Å². The molecule has 0 unspecified atom stereocenters. The van der Waals surface area contributed by atoms with E-state index in [1.54, 1.807) is 35.6 Å². The van der Waals surface area contributed by atoms with E-state index in [-0.39, 0.29) is 5.91 Å². The highest BCUT2D eigenvalue weighted by atomic mass is 32.1. The fourth-order valence-corrected chi connectivity index (χ4v) is 1.55. The molecular weight excluding hydrogens is 222 g/mol. The fourth-order valence-electron chi connectivity index (χ4n) is 0.967. The summed E-state index contributed by atoms with van der Waals surface area (Å²) in [5.74, 6) is 0.302. The van der Waals surface area contributed by atoms with Crippen LogP contribution in [0.2, 0.25) is 0 Å². The van der Waals surface area contributed by atoms with E-state index in [1.807, 2.05) is 22.9 Å². The molecule has 2 aromatic rings. The third-order valence-corrected chi connectivity index (χ3v) is 2.28. The van der Waals surface area contributed by atoms with Crippen molar-refractivity contribution in [1.29, 1.82) is 0 Å². The van der Waals surface area contributed by atoms with Crippen molar-refractivity contribution in [3.8, 4) is 5.75 Å². The molecule has 0 aliphatic heterocycles. The SMILES string of the molecule is CC(=O)Nc1ccsc1.Oc1ccccc1. The Kier molecular flexibility index (Phi) is 5.08. The zero-order chi connectivity index (χ0) is 11.8. The Hall–Kier alpha value is -1.81. The van der Waals surface area contributed by atoms with Crippen LogP contribution in [-0.2, 0) is 4.79 Å². The maximum absolute atomic E-state index is 10.4. The van der Waals surface area contributed by atoms with E-state index >= 15 is 0 Å². The molecule has 0 aliphatic carbocycles. The number of benzene rings is 1. The van der Waals surface area contributed by atoms with Gasteiger partial charge in [0.05, 0.1) is 5.69 Å². The maximum Gasteiger partial charge on any atom is 0.221 e. The number of rotatable bonds is 1. The van der Waals surface area contributed by atoms with Crippen LogP contribution in [-0.4, -0.2) is 11.0 Å². The molecule has 0 spiro atoms. The van der Waals surface area contributed by atoms with Gasteiger partial charge in [-0.3, -0.25) is 4.79 Å². The number of aromatic hydroxyl groups is 1. The Labute approximate surface area is 98.4 Å². The molecule has 4 heteroatoms. The largest absolute Gasteiger partial charge is 0.508 e. The van der Waals surface area contributed by atoms with Crippen LogP contribution in [0, 0.1) is 0 Å². The molecule has 0 radical (unpaired) electrons. The van der Waals surface area contributed by atoms with Crippen molar-refractivity contribution in [2.75, 3.05) is 5.32 Å². The second-order valence-corrected chi connectivity index (χ2v) is 3.81. The molecule has 0 atom stereocenters. The van der Waals surface area contributed by atoms with Crippen LogP contribution in [0.5, 0.6) is 5.75 Å². The molecule has 1 amide bonds. The molecule has 1 aromatic carbocycles. The summed E-state index contributed by atoms with van der Waals surface area (Å²) in [4.78, 5) is 10.4. The average Bonchev–Trinajstić information content (AvgIpc) is 2.71. The van der Waals surface area contributed by atoms with Crippen LogP contribution in [0.25, 0.3) is 0 Å². The molecule has 0 saturated heterocycles. The van der Waals surface area contributed by atoms with E-state index in [0.717, 1.165) is 5.69 Å². The van der Waals surface area contributed by atoms with Crippen molar-refractivity contribution in [3.05, 3.63) is 47.2 Å². The summed E-state index contributed by atoms with van der Waals surface area (Å²) < 4.78 is 0. The summed E-state index contributed by atoms with van der Waals surface area (Å²) in [6.07, 6.45) is 0. The quantitative estimate of drug-likeness (QED) is 0.798. The van der Waals surface area contributed by atoms with Gasteiger partial charge in [0.2, 0.25) is 5.91 Å². The highest BCUT2D eigenvalue weighted by Crippen LogP contribution is 2.10. The number of thiophene rings is 1. The molecule has 16 heavy (non-hydrogen) atoms. The number of carbonyl (C=O) groups is 1. The summed E-state index contributed by atoms with van der Waals surface area (Å²) in [6.45, 7) is 1.50. The molecule has 1 heterocycles. The van der Waals surface area contributed by atoms with E-state index < -0.39 is 0 Å². The monoisotopic (exact) mass is 235 g/mol. The lowest BCUT2D eigenvalue weighted by Crippen LogP contribution is -2.03. The van der Waals surface area contributed by atoms with Gasteiger partial charge < -0.3 is 10.4 Å². The second-order valence-electron chi connectivity index (χ2n) is 3.03. The van der Waals surface area contributed by atoms with E-state index in [0.29, 0.717) is 5.75 Å². The maximum atomic E-state index is 10.4. The van der Waals surface area contributed by atoms with Crippen LogP contribution < -0.4 is 5.32 Å². The molecule has 0 fully saturated rings. The molecule has 2 rings (SSSR count). The zero-order valence-corrected chi connectivity index (χ0v) is 9.70. The standard InChI is InChI=1S/C6H7NOS.C6H6O/c1-5(8)7-6-2-3-9-4-6;7-6-4-2-1-3-5-6/h2-4H,1H3,(H,7,8);1-5,7H. The second kappa shape index (κ2) is 6.63. The fraction of sp³-hybridized carbons (Fsp3) is 0.0833. The third kappa shape index (κ3) is 5.17. The van der Waals surface area contributed by atoms with Crippen molar-refractivity contribution in [2.24, 2.45) is 0 Å². The minimum absolute atomic E-state index is 0.0200. The summed E-state index contributed by atoms with van der Waals surface area (Å²) in [6, 6.07) is 10.6. The Morgan fingerprint density at radius 3 is 2.31 bits per heavy atom. The first-order valence-corrected chi connectivity index (χ1v) is 5.66. The normalized spacial score (nSPS) is 8.81. The number of para-hydroxylation sites is 1. The lowest BCUT2D eigenvalue weighted by molar-refractivity contribution is -0.114. The summed E-state index contributed by atoms with van der Waals surface area (Å²) in [7, 11) is 0. The van der Waals surface area contributed by atoms with Crippen molar-refractivity contribution in [1.82, 2.24) is 0 Å². The first kappa shape index (κ1) is 12.3. The van der Waals surface area contributed by atoms with Gasteiger partial charge in [-0.25, -0.2) is 0 Å². The van der Waals surface area contributed by atoms with Gasteiger partial charge in [0, 0.05) is 12.3 Å². The first-order chi connectivity index (χ1) is 7.68. The van der Waals surface area contributed by atoms with Gasteiger partial charge in [0.15, 0.2) is 0 Å². The summed E-state index contributed by atoms with van der Waals surface area (Å²) in [5.41, 5.74) is 0.882. The van der Waals surface area contributed by atoms with Crippen molar-refractivity contribution in [3.63, 3.8) is 0 Å². The number of anilines is 1. The number of phenolic OH excluding ortho intramolecular Hbond substituents is 1. The van der Waals surface area contributed by atoms with Crippen LogP contribution in [0.3, 0.4) is 0 Å². The lowest BCUT2D eigenvalue weighted by atomic mass is 10.3. The molecule has 84 valence electrons. The van der Waals surface area contributed by atoms with Crippen molar-refractivity contribution < 1.29 is 9.90 Å². The van der Waals surface area contributed by atoms with E-state index in [1.165, 1.54) is 6.92 Å². The Bertz CT molecular complexity index is 412.